The normalized spacial score (nSPS) is 9.93. The van der Waals surface area contributed by atoms with E-state index >= 15 is 0 Å². The van der Waals surface area contributed by atoms with Gasteiger partial charge in [0.1, 0.15) is 6.61 Å². The number of carbonyl (C=O) groups is 1. The minimum Gasteiger partial charge on any atom is -0.276 e. The van der Waals surface area contributed by atoms with Gasteiger partial charge in [0.05, 0.1) is 0 Å². The third-order valence-electron chi connectivity index (χ3n) is 1.87. The molecule has 1 aromatic rings. The third kappa shape index (κ3) is 4.95. The Morgan fingerprint density at radius 1 is 1.33 bits per heavy atom. The molecule has 0 fully saturated rings. The van der Waals surface area contributed by atoms with Crippen LogP contribution in [0.1, 0.15) is 12.0 Å². The first-order valence-corrected chi connectivity index (χ1v) is 5.93. The molecule has 0 heterocycles. The fraction of sp³-hybridized carbons (Fsp3) is 0.364. The highest BCUT2D eigenvalue weighted by Gasteiger charge is 2.01. The average Bonchev–Trinajstić information content (AvgIpc) is 2.31. The number of benzene rings is 1. The number of amides is 1. The number of hydroxylamine groups is 2. The fourth-order valence-corrected chi connectivity index (χ4v) is 1.35. The van der Waals surface area contributed by atoms with E-state index in [1.54, 1.807) is 0 Å². The van der Waals surface area contributed by atoms with Crippen molar-refractivity contribution in [3.63, 3.8) is 0 Å². The molecular weight excluding hydrogens is 258 g/mol. The second-order valence-electron chi connectivity index (χ2n) is 3.05. The first-order valence-electron chi connectivity index (χ1n) is 4.81. The van der Waals surface area contributed by atoms with Crippen molar-refractivity contribution < 1.29 is 9.63 Å². The molecule has 0 spiro atoms. The number of hydrogen-bond donors (Lipinski definition) is 0. The summed E-state index contributed by atoms with van der Waals surface area (Å²) in [5.41, 5.74) is 1.06. The van der Waals surface area contributed by atoms with Crippen LogP contribution in [0.15, 0.2) is 30.3 Å². The zero-order valence-corrected chi connectivity index (χ0v) is 10.0. The lowest BCUT2D eigenvalue weighted by Crippen LogP contribution is -2.23. The van der Waals surface area contributed by atoms with E-state index in [0.717, 1.165) is 17.3 Å². The molecule has 0 aromatic heterocycles. The van der Waals surface area contributed by atoms with Crippen LogP contribution in [0.2, 0.25) is 0 Å². The Balaban J connectivity index is 2.31. The maximum atomic E-state index is 10.6. The first-order chi connectivity index (χ1) is 7.36. The van der Waals surface area contributed by atoms with E-state index in [2.05, 4.69) is 15.9 Å². The Morgan fingerprint density at radius 3 is 2.67 bits per heavy atom. The van der Waals surface area contributed by atoms with Crippen molar-refractivity contribution in [2.45, 2.75) is 13.0 Å². The molecule has 1 aromatic carbocycles. The van der Waals surface area contributed by atoms with Gasteiger partial charge in [-0.05, 0) is 12.0 Å². The molecule has 0 radical (unpaired) electrons. The maximum absolute atomic E-state index is 10.6. The van der Waals surface area contributed by atoms with Crippen molar-refractivity contribution in [2.24, 2.45) is 0 Å². The molecule has 15 heavy (non-hydrogen) atoms. The van der Waals surface area contributed by atoms with E-state index in [0.29, 0.717) is 19.6 Å². The van der Waals surface area contributed by atoms with Crippen LogP contribution < -0.4 is 0 Å². The number of hydrogen-bond acceptors (Lipinski definition) is 2. The number of rotatable bonds is 7. The summed E-state index contributed by atoms with van der Waals surface area (Å²) in [6.45, 7) is 1.05. The van der Waals surface area contributed by atoms with Gasteiger partial charge < -0.3 is 0 Å². The molecule has 0 saturated heterocycles. The molecule has 3 nitrogen and oxygen atoms in total. The minimum atomic E-state index is 0.432. The SMILES string of the molecule is O=CN(CCCBr)OCc1ccccc1. The van der Waals surface area contributed by atoms with Crippen LogP contribution in [0.25, 0.3) is 0 Å². The van der Waals surface area contributed by atoms with E-state index in [1.165, 1.54) is 5.06 Å². The van der Waals surface area contributed by atoms with Crippen LogP contribution in [-0.4, -0.2) is 23.3 Å². The monoisotopic (exact) mass is 271 g/mol. The quantitative estimate of drug-likeness (QED) is 0.433. The van der Waals surface area contributed by atoms with Crippen LogP contribution >= 0.6 is 15.9 Å². The third-order valence-corrected chi connectivity index (χ3v) is 2.43. The number of nitrogens with zero attached hydrogens (tertiary/aromatic N) is 1. The average molecular weight is 272 g/mol. The predicted octanol–water partition coefficient (Wildman–Crippen LogP) is 2.36. The summed E-state index contributed by atoms with van der Waals surface area (Å²) in [4.78, 5) is 15.9. The van der Waals surface area contributed by atoms with Crippen LogP contribution in [0.4, 0.5) is 0 Å². The lowest BCUT2D eigenvalue weighted by Gasteiger charge is -2.15. The molecule has 1 rings (SSSR count). The van der Waals surface area contributed by atoms with Gasteiger partial charge in [0.2, 0.25) is 6.41 Å². The van der Waals surface area contributed by atoms with Crippen molar-refractivity contribution in [1.82, 2.24) is 5.06 Å². The Labute approximate surface area is 98.1 Å². The zero-order chi connectivity index (χ0) is 10.9. The van der Waals surface area contributed by atoms with Gasteiger partial charge in [-0.2, -0.15) is 0 Å². The van der Waals surface area contributed by atoms with Crippen LogP contribution in [0.5, 0.6) is 0 Å². The Bertz CT molecular complexity index is 279. The maximum Gasteiger partial charge on any atom is 0.233 e. The van der Waals surface area contributed by atoms with Gasteiger partial charge in [-0.25, -0.2) is 5.06 Å². The van der Waals surface area contributed by atoms with Crippen LogP contribution in [-0.2, 0) is 16.2 Å². The molecule has 0 aliphatic carbocycles. The molecule has 0 unspecified atom stereocenters. The Morgan fingerprint density at radius 2 is 2.07 bits per heavy atom. The van der Waals surface area contributed by atoms with Gasteiger partial charge in [-0.3, -0.25) is 9.63 Å². The predicted molar refractivity (Wildman–Crippen MR) is 62.4 cm³/mol. The summed E-state index contributed by atoms with van der Waals surface area (Å²) < 4.78 is 0. The highest BCUT2D eigenvalue weighted by Crippen LogP contribution is 2.02. The van der Waals surface area contributed by atoms with Crippen molar-refractivity contribution in [3.8, 4) is 0 Å². The molecule has 82 valence electrons. The molecular formula is C11H14BrNO2. The highest BCUT2D eigenvalue weighted by molar-refractivity contribution is 9.09. The lowest BCUT2D eigenvalue weighted by molar-refractivity contribution is -0.177. The summed E-state index contributed by atoms with van der Waals surface area (Å²) in [6, 6.07) is 9.78. The smallest absolute Gasteiger partial charge is 0.233 e. The molecule has 0 N–H and O–H groups in total. The van der Waals surface area contributed by atoms with Gasteiger partial charge in [0, 0.05) is 11.9 Å². The number of carbonyl (C=O) groups excluding carboxylic acids is 1. The molecule has 0 aliphatic heterocycles. The standard InChI is InChI=1S/C11H14BrNO2/c12-7-4-8-13(10-14)15-9-11-5-2-1-3-6-11/h1-3,5-6,10H,4,7-9H2. The molecule has 0 bridgehead atoms. The molecule has 0 saturated carbocycles. The van der Waals surface area contributed by atoms with Gasteiger partial charge in [0.25, 0.3) is 0 Å². The van der Waals surface area contributed by atoms with E-state index in [4.69, 9.17) is 4.84 Å². The topological polar surface area (TPSA) is 29.5 Å². The van der Waals surface area contributed by atoms with E-state index in [9.17, 15) is 4.79 Å². The summed E-state index contributed by atoms with van der Waals surface area (Å²) in [7, 11) is 0. The van der Waals surface area contributed by atoms with E-state index < -0.39 is 0 Å². The fourth-order valence-electron chi connectivity index (χ4n) is 1.09. The van der Waals surface area contributed by atoms with E-state index in [-0.39, 0.29) is 0 Å². The summed E-state index contributed by atoms with van der Waals surface area (Å²) in [6.07, 6.45) is 1.60. The second kappa shape index (κ2) is 7.43. The highest BCUT2D eigenvalue weighted by atomic mass is 79.9. The summed E-state index contributed by atoms with van der Waals surface area (Å²) >= 11 is 3.30. The molecule has 4 heteroatoms. The van der Waals surface area contributed by atoms with Crippen LogP contribution in [0.3, 0.4) is 0 Å². The van der Waals surface area contributed by atoms with Crippen molar-refractivity contribution >= 4 is 22.3 Å². The zero-order valence-electron chi connectivity index (χ0n) is 8.43. The minimum absolute atomic E-state index is 0.432. The van der Waals surface area contributed by atoms with Gasteiger partial charge in [0.15, 0.2) is 0 Å². The largest absolute Gasteiger partial charge is 0.276 e. The van der Waals surface area contributed by atoms with Crippen molar-refractivity contribution in [3.05, 3.63) is 35.9 Å². The van der Waals surface area contributed by atoms with Crippen molar-refractivity contribution in [1.29, 1.82) is 0 Å². The van der Waals surface area contributed by atoms with E-state index in [1.807, 2.05) is 30.3 Å². The first kappa shape index (κ1) is 12.2. The van der Waals surface area contributed by atoms with Gasteiger partial charge >= 0.3 is 0 Å². The van der Waals surface area contributed by atoms with Crippen LogP contribution in [0, 0.1) is 0 Å². The Kier molecular flexibility index (Phi) is 6.04. The summed E-state index contributed by atoms with van der Waals surface area (Å²) in [5.74, 6) is 0. The second-order valence-corrected chi connectivity index (χ2v) is 3.84. The molecule has 0 aliphatic rings. The molecule has 1 amide bonds. The van der Waals surface area contributed by atoms with Gasteiger partial charge in [-0.1, -0.05) is 46.3 Å². The lowest BCUT2D eigenvalue weighted by atomic mass is 10.2. The number of halogens is 1. The van der Waals surface area contributed by atoms with Gasteiger partial charge in [-0.15, -0.1) is 0 Å². The van der Waals surface area contributed by atoms with Crippen molar-refractivity contribution in [2.75, 3.05) is 11.9 Å². The number of alkyl halides is 1. The summed E-state index contributed by atoms with van der Waals surface area (Å²) in [5, 5.41) is 2.19. The molecule has 0 atom stereocenters. The Hall–Kier alpha value is -0.870.